The highest BCUT2D eigenvalue weighted by Gasteiger charge is 2.23. The van der Waals surface area contributed by atoms with Gasteiger partial charge < -0.3 is 10.5 Å². The van der Waals surface area contributed by atoms with Crippen LogP contribution in [0.2, 0.25) is 0 Å². The molecule has 0 heterocycles. The third-order valence-electron chi connectivity index (χ3n) is 1.83. The molecule has 0 saturated heterocycles. The minimum Gasteiger partial charge on any atom is -0.465 e. The Morgan fingerprint density at radius 3 is 2.50 bits per heavy atom. The highest BCUT2D eigenvalue weighted by molar-refractivity contribution is 5.74. The summed E-state index contributed by atoms with van der Waals surface area (Å²) in [6.07, 6.45) is 0.962. The van der Waals surface area contributed by atoms with Gasteiger partial charge in [0.2, 0.25) is 0 Å². The molecule has 0 bridgehead atoms. The fraction of sp³-hybridized carbons (Fsp3) is 0.857. The van der Waals surface area contributed by atoms with Crippen molar-refractivity contribution in [3.05, 3.63) is 0 Å². The standard InChI is InChI=1S/C7H15NO2/c1-4-5(2)6(8)7(9)10-3/h5-6H,4,8H2,1-3H3/p+1/t5-,6-/m1/s1. The van der Waals surface area contributed by atoms with Crippen molar-refractivity contribution in [2.75, 3.05) is 7.11 Å². The van der Waals surface area contributed by atoms with Crippen LogP contribution in [-0.4, -0.2) is 19.1 Å². The van der Waals surface area contributed by atoms with Crippen molar-refractivity contribution in [1.29, 1.82) is 0 Å². The molecule has 3 heteroatoms. The number of hydrogen-bond acceptors (Lipinski definition) is 2. The van der Waals surface area contributed by atoms with E-state index in [1.807, 2.05) is 13.8 Å². The Balaban J connectivity index is 3.81. The van der Waals surface area contributed by atoms with Gasteiger partial charge in [0.1, 0.15) is 0 Å². The van der Waals surface area contributed by atoms with E-state index in [1.165, 1.54) is 7.11 Å². The van der Waals surface area contributed by atoms with Crippen LogP contribution in [0.15, 0.2) is 0 Å². The summed E-state index contributed by atoms with van der Waals surface area (Å²) in [5, 5.41) is 0. The van der Waals surface area contributed by atoms with E-state index in [4.69, 9.17) is 0 Å². The molecule has 0 aliphatic heterocycles. The van der Waals surface area contributed by atoms with Crippen LogP contribution in [0.3, 0.4) is 0 Å². The maximum Gasteiger partial charge on any atom is 0.364 e. The van der Waals surface area contributed by atoms with Gasteiger partial charge in [-0.3, -0.25) is 0 Å². The second kappa shape index (κ2) is 4.28. The number of hydrogen-bond donors (Lipinski definition) is 1. The van der Waals surface area contributed by atoms with Gasteiger partial charge in [0.05, 0.1) is 7.11 Å². The molecule has 10 heavy (non-hydrogen) atoms. The first-order valence-electron chi connectivity index (χ1n) is 3.54. The molecule has 2 atom stereocenters. The molecule has 0 fully saturated rings. The normalized spacial score (nSPS) is 16.0. The molecule has 0 aromatic carbocycles. The lowest BCUT2D eigenvalue weighted by Gasteiger charge is -2.11. The number of quaternary nitrogens is 1. The largest absolute Gasteiger partial charge is 0.465 e. The maximum atomic E-state index is 10.8. The Morgan fingerprint density at radius 2 is 2.20 bits per heavy atom. The van der Waals surface area contributed by atoms with Gasteiger partial charge in [0.25, 0.3) is 0 Å². The van der Waals surface area contributed by atoms with Crippen LogP contribution < -0.4 is 5.73 Å². The first-order valence-corrected chi connectivity index (χ1v) is 3.54. The topological polar surface area (TPSA) is 53.9 Å². The molecule has 0 saturated carbocycles. The zero-order valence-corrected chi connectivity index (χ0v) is 6.89. The van der Waals surface area contributed by atoms with Crippen LogP contribution in [-0.2, 0) is 9.53 Å². The number of rotatable bonds is 3. The first-order chi connectivity index (χ1) is 4.63. The Hall–Kier alpha value is -0.570. The van der Waals surface area contributed by atoms with Crippen molar-refractivity contribution in [2.45, 2.75) is 26.3 Å². The van der Waals surface area contributed by atoms with Gasteiger partial charge in [-0.15, -0.1) is 0 Å². The van der Waals surface area contributed by atoms with Crippen molar-refractivity contribution in [2.24, 2.45) is 5.92 Å². The molecule has 3 N–H and O–H groups in total. The molecule has 0 aromatic heterocycles. The summed E-state index contributed by atoms with van der Waals surface area (Å²) < 4.78 is 4.53. The number of esters is 1. The summed E-state index contributed by atoms with van der Waals surface area (Å²) in [4.78, 5) is 10.8. The Morgan fingerprint density at radius 1 is 1.70 bits per heavy atom. The molecule has 0 unspecified atom stereocenters. The van der Waals surface area contributed by atoms with Crippen LogP contribution in [0.5, 0.6) is 0 Å². The minimum absolute atomic E-state index is 0.213. The Kier molecular flexibility index (Phi) is 4.03. The summed E-state index contributed by atoms with van der Waals surface area (Å²) in [7, 11) is 1.39. The first kappa shape index (κ1) is 9.43. The average molecular weight is 146 g/mol. The van der Waals surface area contributed by atoms with E-state index in [1.54, 1.807) is 0 Å². The third-order valence-corrected chi connectivity index (χ3v) is 1.83. The number of methoxy groups -OCH3 is 1. The molecule has 0 rings (SSSR count). The third kappa shape index (κ3) is 2.35. The van der Waals surface area contributed by atoms with Crippen molar-refractivity contribution >= 4 is 5.97 Å². The summed E-state index contributed by atoms with van der Waals surface area (Å²) >= 11 is 0. The zero-order valence-electron chi connectivity index (χ0n) is 6.89. The number of carbonyl (C=O) groups excluding carboxylic acids is 1. The van der Waals surface area contributed by atoms with Crippen molar-refractivity contribution in [3.63, 3.8) is 0 Å². The molecule has 0 radical (unpaired) electrons. The van der Waals surface area contributed by atoms with E-state index in [2.05, 4.69) is 10.5 Å². The minimum atomic E-state index is -0.214. The van der Waals surface area contributed by atoms with Gasteiger partial charge in [-0.05, 0) is 6.42 Å². The molecule has 0 spiro atoms. The zero-order chi connectivity index (χ0) is 8.15. The van der Waals surface area contributed by atoms with E-state index in [-0.39, 0.29) is 12.0 Å². The van der Waals surface area contributed by atoms with Crippen LogP contribution in [0.4, 0.5) is 0 Å². The summed E-state index contributed by atoms with van der Waals surface area (Å²) in [5.74, 6) is 0.0989. The summed E-state index contributed by atoms with van der Waals surface area (Å²) in [6, 6.07) is -0.213. The smallest absolute Gasteiger partial charge is 0.364 e. The predicted octanol–water partition coefficient (Wildman–Crippen LogP) is -0.184. The quantitative estimate of drug-likeness (QED) is 0.561. The molecular formula is C7H16NO2+. The Labute approximate surface area is 61.5 Å². The van der Waals surface area contributed by atoms with Crippen LogP contribution in [0.1, 0.15) is 20.3 Å². The van der Waals surface area contributed by atoms with E-state index in [9.17, 15) is 4.79 Å². The van der Waals surface area contributed by atoms with E-state index < -0.39 is 0 Å². The SMILES string of the molecule is CC[C@@H](C)[C@@H]([NH3+])C(=O)OC. The van der Waals surface area contributed by atoms with Crippen molar-refractivity contribution < 1.29 is 15.3 Å². The molecule has 0 aromatic rings. The summed E-state index contributed by atoms with van der Waals surface area (Å²) in [5.41, 5.74) is 3.70. The van der Waals surface area contributed by atoms with Crippen LogP contribution >= 0.6 is 0 Å². The van der Waals surface area contributed by atoms with Gasteiger partial charge in [0.15, 0.2) is 6.04 Å². The van der Waals surface area contributed by atoms with Crippen molar-refractivity contribution in [3.8, 4) is 0 Å². The van der Waals surface area contributed by atoms with E-state index >= 15 is 0 Å². The van der Waals surface area contributed by atoms with Crippen LogP contribution in [0, 0.1) is 5.92 Å². The predicted molar refractivity (Wildman–Crippen MR) is 38.1 cm³/mol. The number of carbonyl (C=O) groups is 1. The fourth-order valence-corrected chi connectivity index (χ4v) is 0.668. The lowest BCUT2D eigenvalue weighted by molar-refractivity contribution is -0.419. The maximum absolute atomic E-state index is 10.8. The molecule has 60 valence electrons. The molecule has 0 aliphatic rings. The molecule has 3 nitrogen and oxygen atoms in total. The summed E-state index contributed by atoms with van der Waals surface area (Å²) in [6.45, 7) is 4.03. The van der Waals surface area contributed by atoms with E-state index in [0.717, 1.165) is 6.42 Å². The van der Waals surface area contributed by atoms with Gasteiger partial charge in [-0.1, -0.05) is 13.8 Å². The fourth-order valence-electron chi connectivity index (χ4n) is 0.668. The second-order valence-corrected chi connectivity index (χ2v) is 2.52. The highest BCUT2D eigenvalue weighted by atomic mass is 16.5. The second-order valence-electron chi connectivity index (χ2n) is 2.52. The average Bonchev–Trinajstić information content (AvgIpc) is 2.00. The highest BCUT2D eigenvalue weighted by Crippen LogP contribution is 2.04. The number of ether oxygens (including phenoxy) is 1. The van der Waals surface area contributed by atoms with Crippen LogP contribution in [0.25, 0.3) is 0 Å². The van der Waals surface area contributed by atoms with E-state index in [0.29, 0.717) is 5.92 Å². The molecule has 0 aliphatic carbocycles. The Bertz CT molecular complexity index is 114. The molecule has 0 amide bonds. The van der Waals surface area contributed by atoms with Gasteiger partial charge >= 0.3 is 5.97 Å². The molecular weight excluding hydrogens is 130 g/mol. The van der Waals surface area contributed by atoms with Crippen molar-refractivity contribution in [1.82, 2.24) is 0 Å². The lowest BCUT2D eigenvalue weighted by Crippen LogP contribution is -2.68. The van der Waals surface area contributed by atoms with Gasteiger partial charge in [-0.2, -0.15) is 0 Å². The monoisotopic (exact) mass is 146 g/mol. The lowest BCUT2D eigenvalue weighted by atomic mass is 10.0. The van der Waals surface area contributed by atoms with Gasteiger partial charge in [-0.25, -0.2) is 4.79 Å². The van der Waals surface area contributed by atoms with Gasteiger partial charge in [0, 0.05) is 5.92 Å².